The van der Waals surface area contributed by atoms with Crippen molar-refractivity contribution in [3.8, 4) is 0 Å². The Kier molecular flexibility index (Phi) is 12.1. The normalized spacial score (nSPS) is 14.5. The maximum atomic E-state index is 6.68. The minimum atomic E-state index is -2.13. The zero-order chi connectivity index (χ0) is 23.0. The zero-order valence-electron chi connectivity index (χ0n) is 21.8. The van der Waals surface area contributed by atoms with E-state index in [1.54, 1.807) is 0 Å². The molecule has 0 rings (SSSR count). The number of ether oxygens (including phenoxy) is 2. The summed E-state index contributed by atoms with van der Waals surface area (Å²) in [5.41, 5.74) is 0.473. The van der Waals surface area contributed by atoms with E-state index in [0.717, 1.165) is 51.4 Å². The number of rotatable bonds is 14. The first-order valence-electron chi connectivity index (χ1n) is 11.4. The molecule has 176 valence electrons. The van der Waals surface area contributed by atoms with Gasteiger partial charge in [0, 0.05) is 13.2 Å². The quantitative estimate of drug-likeness (QED) is 0.204. The number of hydrogen-bond acceptors (Lipinski definition) is 4. The molecule has 0 aliphatic carbocycles. The van der Waals surface area contributed by atoms with E-state index in [-0.39, 0.29) is 10.8 Å². The first-order chi connectivity index (χ1) is 12.8. The first-order valence-corrected chi connectivity index (χ1v) is 20.4. The van der Waals surface area contributed by atoms with Crippen molar-refractivity contribution in [2.75, 3.05) is 26.4 Å². The molecule has 0 spiro atoms. The topological polar surface area (TPSA) is 36.9 Å². The molecule has 29 heavy (non-hydrogen) atoms. The van der Waals surface area contributed by atoms with Gasteiger partial charge in [0.05, 0.1) is 13.2 Å². The van der Waals surface area contributed by atoms with Crippen molar-refractivity contribution in [3.05, 3.63) is 0 Å². The molecule has 0 atom stereocenters. The van der Waals surface area contributed by atoms with Crippen LogP contribution in [0.15, 0.2) is 0 Å². The second kappa shape index (κ2) is 11.9. The Morgan fingerprint density at radius 1 is 0.552 bits per heavy atom. The molecule has 0 aromatic rings. The van der Waals surface area contributed by atoms with Crippen molar-refractivity contribution < 1.29 is 17.7 Å². The Morgan fingerprint density at radius 3 is 1.14 bits per heavy atom. The fraction of sp³-hybridized carbons (Fsp3) is 1.00. The van der Waals surface area contributed by atoms with Crippen LogP contribution in [-0.4, -0.2) is 51.6 Å². The van der Waals surface area contributed by atoms with E-state index in [4.69, 9.17) is 17.7 Å². The molecular weight excluding hydrogens is 412 g/mol. The highest BCUT2D eigenvalue weighted by molar-refractivity contribution is 6.87. The molecule has 0 unspecified atom stereocenters. The monoisotopic (exact) mass is 464 g/mol. The predicted molar refractivity (Wildman–Crippen MR) is 134 cm³/mol. The standard InChI is InChI=1S/C22H52O4Si3/c1-21(2,3)19-23-15-13-17-27(7,8)25-29(11,12)26-28(9,10)18-14-16-24-20-22(4,5)6/h13-20H2,1-12H3. The van der Waals surface area contributed by atoms with Gasteiger partial charge in [-0.15, -0.1) is 0 Å². The molecular formula is C22H52O4Si3. The summed E-state index contributed by atoms with van der Waals surface area (Å²) in [5, 5.41) is 0. The third-order valence-electron chi connectivity index (χ3n) is 4.25. The van der Waals surface area contributed by atoms with E-state index in [9.17, 15) is 0 Å². The summed E-state index contributed by atoms with van der Waals surface area (Å²) in [5.74, 6) is 0. The minimum absolute atomic E-state index is 0.236. The molecule has 0 heterocycles. The lowest BCUT2D eigenvalue weighted by molar-refractivity contribution is 0.0712. The van der Waals surface area contributed by atoms with E-state index in [1.807, 2.05) is 0 Å². The highest BCUT2D eigenvalue weighted by atomic mass is 28.5. The smallest absolute Gasteiger partial charge is 0.311 e. The van der Waals surface area contributed by atoms with Crippen LogP contribution in [0.25, 0.3) is 0 Å². The zero-order valence-corrected chi connectivity index (χ0v) is 24.8. The van der Waals surface area contributed by atoms with Crippen LogP contribution >= 0.6 is 0 Å². The summed E-state index contributed by atoms with van der Waals surface area (Å²) in [4.78, 5) is 0. The average Bonchev–Trinajstić information content (AvgIpc) is 2.40. The first kappa shape index (κ1) is 29.5. The van der Waals surface area contributed by atoms with Crippen molar-refractivity contribution in [2.45, 2.75) is 106 Å². The van der Waals surface area contributed by atoms with E-state index in [0.29, 0.717) is 0 Å². The predicted octanol–water partition coefficient (Wildman–Crippen LogP) is 7.04. The Morgan fingerprint density at radius 2 is 0.862 bits per heavy atom. The van der Waals surface area contributed by atoms with Gasteiger partial charge in [0.2, 0.25) is 0 Å². The van der Waals surface area contributed by atoms with Gasteiger partial charge in [-0.3, -0.25) is 0 Å². The highest BCUT2D eigenvalue weighted by Crippen LogP contribution is 2.26. The summed E-state index contributed by atoms with van der Waals surface area (Å²) in [6.07, 6.45) is 2.15. The van der Waals surface area contributed by atoms with Crippen molar-refractivity contribution >= 4 is 25.2 Å². The molecule has 0 aliphatic heterocycles. The molecule has 0 fully saturated rings. The van der Waals surface area contributed by atoms with Gasteiger partial charge in [0.1, 0.15) is 0 Å². The van der Waals surface area contributed by atoms with Crippen molar-refractivity contribution in [2.24, 2.45) is 10.8 Å². The fourth-order valence-electron chi connectivity index (χ4n) is 3.41. The summed E-state index contributed by atoms with van der Waals surface area (Å²) in [6, 6.07) is 2.25. The Labute approximate surface area is 185 Å². The van der Waals surface area contributed by atoms with Crippen LogP contribution in [0.1, 0.15) is 54.4 Å². The lowest BCUT2D eigenvalue weighted by atomic mass is 9.99. The van der Waals surface area contributed by atoms with Gasteiger partial charge >= 0.3 is 8.56 Å². The second-order valence-electron chi connectivity index (χ2n) is 12.6. The summed E-state index contributed by atoms with van der Waals surface area (Å²) >= 11 is 0. The van der Waals surface area contributed by atoms with Crippen LogP contribution in [0.4, 0.5) is 0 Å². The van der Waals surface area contributed by atoms with Crippen molar-refractivity contribution in [1.29, 1.82) is 0 Å². The van der Waals surface area contributed by atoms with Crippen LogP contribution in [0.3, 0.4) is 0 Å². The molecule has 4 nitrogen and oxygen atoms in total. The maximum absolute atomic E-state index is 6.68. The average molecular weight is 465 g/mol. The van der Waals surface area contributed by atoms with Crippen LogP contribution in [0.5, 0.6) is 0 Å². The largest absolute Gasteiger partial charge is 0.437 e. The summed E-state index contributed by atoms with van der Waals surface area (Å²) in [7, 11) is -5.62. The lowest BCUT2D eigenvalue weighted by Crippen LogP contribution is -2.52. The van der Waals surface area contributed by atoms with Gasteiger partial charge in [-0.1, -0.05) is 41.5 Å². The molecule has 0 bridgehead atoms. The van der Waals surface area contributed by atoms with Gasteiger partial charge in [0.15, 0.2) is 16.6 Å². The summed E-state index contributed by atoms with van der Waals surface area (Å²) in [6.45, 7) is 30.3. The minimum Gasteiger partial charge on any atom is -0.437 e. The molecule has 0 saturated heterocycles. The van der Waals surface area contributed by atoms with E-state index < -0.39 is 25.2 Å². The van der Waals surface area contributed by atoms with Crippen molar-refractivity contribution in [3.63, 3.8) is 0 Å². The Balaban J connectivity index is 4.30. The molecule has 0 aliphatic rings. The molecule has 0 aromatic heterocycles. The molecule has 0 N–H and O–H groups in total. The van der Waals surface area contributed by atoms with Crippen molar-refractivity contribution in [1.82, 2.24) is 0 Å². The molecule has 0 amide bonds. The lowest BCUT2D eigenvalue weighted by Gasteiger charge is -2.38. The van der Waals surface area contributed by atoms with Crippen LogP contribution in [0.2, 0.25) is 51.4 Å². The Bertz CT molecular complexity index is 412. The SMILES string of the molecule is CC(C)(C)COCCC[Si](C)(C)O[Si](C)(C)O[Si](C)(C)CCCOCC(C)(C)C. The highest BCUT2D eigenvalue weighted by Gasteiger charge is 2.39. The maximum Gasteiger partial charge on any atom is 0.311 e. The Hall–Kier alpha value is 0.491. The second-order valence-corrected chi connectivity index (χ2v) is 25.0. The van der Waals surface area contributed by atoms with Crippen LogP contribution in [0, 0.1) is 10.8 Å². The van der Waals surface area contributed by atoms with Gasteiger partial charge in [-0.2, -0.15) is 0 Å². The van der Waals surface area contributed by atoms with Gasteiger partial charge in [-0.05, 0) is 75.0 Å². The molecule has 7 heteroatoms. The van der Waals surface area contributed by atoms with E-state index in [1.165, 1.54) is 0 Å². The fourth-order valence-corrected chi connectivity index (χ4v) is 17.4. The van der Waals surface area contributed by atoms with E-state index >= 15 is 0 Å². The number of hydrogen-bond donors (Lipinski definition) is 0. The molecule has 0 radical (unpaired) electrons. The third kappa shape index (κ3) is 18.9. The van der Waals surface area contributed by atoms with Crippen LogP contribution in [-0.2, 0) is 17.7 Å². The van der Waals surface area contributed by atoms with Gasteiger partial charge < -0.3 is 17.7 Å². The molecule has 0 aromatic carbocycles. The third-order valence-corrected chi connectivity index (χ3v) is 15.7. The van der Waals surface area contributed by atoms with Gasteiger partial charge in [-0.25, -0.2) is 0 Å². The van der Waals surface area contributed by atoms with E-state index in [2.05, 4.69) is 80.8 Å². The van der Waals surface area contributed by atoms with Crippen LogP contribution < -0.4 is 0 Å². The molecule has 0 saturated carbocycles. The summed E-state index contributed by atoms with van der Waals surface area (Å²) < 4.78 is 25.0. The van der Waals surface area contributed by atoms with Gasteiger partial charge in [0.25, 0.3) is 0 Å².